The molecule has 0 fully saturated rings. The van der Waals surface area contributed by atoms with Crippen LogP contribution in [0.25, 0.3) is 0 Å². The number of hydrogen-bond donors (Lipinski definition) is 5. The molecule has 0 aromatic rings. The minimum Gasteiger partial charge on any atom is -0.351 e. The third-order valence-electron chi connectivity index (χ3n) is 0.142. The van der Waals surface area contributed by atoms with Crippen molar-refractivity contribution in [2.45, 2.75) is 0 Å². The molecule has 2 amide bonds. The minimum atomic E-state index is -2.61. The zero-order chi connectivity index (χ0) is 7.86. The van der Waals surface area contributed by atoms with Crippen molar-refractivity contribution in [2.75, 3.05) is 0 Å². The largest absolute Gasteiger partial charge is 0.351 e. The fourth-order valence-corrected chi connectivity index (χ4v) is 0. The monoisotopic (exact) mass is 157 g/mol. The highest BCUT2D eigenvalue weighted by Crippen LogP contribution is 1.44. The van der Waals surface area contributed by atoms with E-state index in [1.165, 1.54) is 0 Å². The van der Waals surface area contributed by atoms with E-state index in [4.69, 9.17) is 13.3 Å². The number of nitrogens with one attached hydrogen (secondary N) is 1. The van der Waals surface area contributed by atoms with Gasteiger partial charge in [-0.25, -0.2) is 10.6 Å². The molecule has 0 aliphatic rings. The molecule has 0 spiro atoms. The number of rotatable bonds is 0. The summed E-state index contributed by atoms with van der Waals surface area (Å²) in [6.45, 7) is 0. The van der Waals surface area contributed by atoms with Crippen molar-refractivity contribution in [3.05, 3.63) is 0 Å². The zero-order valence-electron chi connectivity index (χ0n) is 4.27. The average molecular weight is 157 g/mol. The number of urea groups is 1. The summed E-state index contributed by atoms with van der Waals surface area (Å²) in [4.78, 5) is 9.35. The predicted molar refractivity (Wildman–Crippen MR) is 30.3 cm³/mol. The third kappa shape index (κ3) is 121. The smallest absolute Gasteiger partial charge is 0.326 e. The van der Waals surface area contributed by atoms with E-state index in [-0.39, 0.29) is 0 Å². The first-order valence-electron chi connectivity index (χ1n) is 1.56. The molecule has 7 N–H and O–H groups in total. The number of primary amides is 1. The minimum absolute atomic E-state index is 0.718. The molecule has 9 heavy (non-hydrogen) atoms. The molecule has 0 unspecified atom stereocenters. The Hall–Kier alpha value is -0.700. The van der Waals surface area contributed by atoms with E-state index in [9.17, 15) is 4.79 Å². The van der Waals surface area contributed by atoms with Crippen molar-refractivity contribution in [1.82, 2.24) is 5.43 Å². The van der Waals surface area contributed by atoms with Crippen LogP contribution in [0.4, 0.5) is 4.79 Å². The van der Waals surface area contributed by atoms with E-state index in [1.54, 1.807) is 5.43 Å². The van der Waals surface area contributed by atoms with Crippen molar-refractivity contribution in [2.24, 2.45) is 11.6 Å². The summed E-state index contributed by atoms with van der Waals surface area (Å²) in [7, 11) is 0. The predicted octanol–water partition coefficient (Wildman–Crippen LogP) is -1.79. The number of amides is 2. The van der Waals surface area contributed by atoms with Crippen molar-refractivity contribution < 1.29 is 18.1 Å². The molecule has 56 valence electrons. The second kappa shape index (κ2) is 7.30. The average Bonchev–Trinajstić information content (AvgIpc) is 1.65. The van der Waals surface area contributed by atoms with Crippen LogP contribution in [-0.2, 0) is 11.4 Å². The molecule has 0 heterocycles. The Morgan fingerprint density at radius 3 is 1.67 bits per heavy atom. The quantitative estimate of drug-likeness (QED) is 0.122. The molecule has 7 nitrogen and oxygen atoms in total. The van der Waals surface area contributed by atoms with Gasteiger partial charge >= 0.3 is 6.03 Å². The van der Waals surface area contributed by atoms with Crippen molar-refractivity contribution >= 4 is 17.4 Å². The highest BCUT2D eigenvalue weighted by molar-refractivity contribution is 7.73. The first kappa shape index (κ1) is 11.1. The Bertz CT molecular complexity index is 100.0. The highest BCUT2D eigenvalue weighted by Gasteiger charge is 1.73. The molecule has 0 bridgehead atoms. The van der Waals surface area contributed by atoms with E-state index in [0.29, 0.717) is 0 Å². The number of carbonyl (C=O) groups is 1. The Balaban J connectivity index is 0. The standard InChI is InChI=1S/CH5N3O.H2O3S/c2-1(5)4-3;1-4(2)3/h3H2,(H3,2,4,5);(H2,1,2,3). The Morgan fingerprint density at radius 2 is 1.67 bits per heavy atom. The van der Waals surface area contributed by atoms with Crippen LogP contribution in [-0.4, -0.2) is 19.3 Å². The molecule has 0 aliphatic carbocycles. The Kier molecular flexibility index (Phi) is 9.04. The molecule has 0 rings (SSSR count). The topological polar surface area (TPSA) is 139 Å². The summed E-state index contributed by atoms with van der Waals surface area (Å²) in [6.07, 6.45) is 0. The maximum Gasteiger partial charge on any atom is 0.326 e. The van der Waals surface area contributed by atoms with Gasteiger partial charge in [-0.15, -0.1) is 0 Å². The van der Waals surface area contributed by atoms with Gasteiger partial charge in [0.25, 0.3) is 11.4 Å². The van der Waals surface area contributed by atoms with Gasteiger partial charge in [0, 0.05) is 0 Å². The van der Waals surface area contributed by atoms with E-state index in [1.807, 2.05) is 0 Å². The third-order valence-corrected chi connectivity index (χ3v) is 0.142. The summed E-state index contributed by atoms with van der Waals surface area (Å²) in [6, 6.07) is -0.718. The molecule has 0 aromatic carbocycles. The summed E-state index contributed by atoms with van der Waals surface area (Å²) in [5.74, 6) is 4.45. The van der Waals surface area contributed by atoms with Crippen LogP contribution >= 0.6 is 0 Å². The summed E-state index contributed by atoms with van der Waals surface area (Å²) >= 11 is -2.61. The summed E-state index contributed by atoms with van der Waals surface area (Å²) in [5.41, 5.74) is 6.08. The van der Waals surface area contributed by atoms with E-state index in [0.717, 1.165) is 0 Å². The molecule has 0 saturated carbocycles. The fraction of sp³-hybridized carbons (Fsp3) is 0. The van der Waals surface area contributed by atoms with Crippen LogP contribution in [0, 0.1) is 0 Å². The van der Waals surface area contributed by atoms with Crippen LogP contribution in [0.1, 0.15) is 0 Å². The molecule has 0 radical (unpaired) electrons. The van der Waals surface area contributed by atoms with Crippen LogP contribution in [0.15, 0.2) is 0 Å². The summed E-state index contributed by atoms with van der Waals surface area (Å²) < 4.78 is 22.8. The zero-order valence-corrected chi connectivity index (χ0v) is 5.09. The number of carbonyl (C=O) groups excluding carboxylic acids is 1. The first-order chi connectivity index (χ1) is 4.00. The van der Waals surface area contributed by atoms with Crippen molar-refractivity contribution in [3.63, 3.8) is 0 Å². The van der Waals surface area contributed by atoms with Gasteiger partial charge < -0.3 is 5.73 Å². The fourth-order valence-electron chi connectivity index (χ4n) is 0. The van der Waals surface area contributed by atoms with Crippen LogP contribution in [0.2, 0.25) is 0 Å². The second-order valence-corrected chi connectivity index (χ2v) is 1.20. The Labute approximate surface area is 53.5 Å². The van der Waals surface area contributed by atoms with Crippen molar-refractivity contribution in [3.8, 4) is 0 Å². The summed E-state index contributed by atoms with van der Waals surface area (Å²) in [5, 5.41) is 0. The molecule has 0 aromatic heterocycles. The lowest BCUT2D eigenvalue weighted by molar-refractivity contribution is 0.249. The van der Waals surface area contributed by atoms with Gasteiger partial charge in [0.1, 0.15) is 0 Å². The van der Waals surface area contributed by atoms with Gasteiger partial charge in [0.05, 0.1) is 0 Å². The molecular formula is CH7N3O4S. The first-order valence-corrected chi connectivity index (χ1v) is 2.63. The lowest BCUT2D eigenvalue weighted by Crippen LogP contribution is -2.34. The van der Waals surface area contributed by atoms with Gasteiger partial charge in [-0.2, -0.15) is 4.21 Å². The van der Waals surface area contributed by atoms with Crippen molar-refractivity contribution in [1.29, 1.82) is 0 Å². The second-order valence-electron chi connectivity index (χ2n) is 0.739. The van der Waals surface area contributed by atoms with Crippen LogP contribution in [0.5, 0.6) is 0 Å². The molecule has 0 saturated heterocycles. The normalized spacial score (nSPS) is 7.56. The van der Waals surface area contributed by atoms with E-state index >= 15 is 0 Å². The lowest BCUT2D eigenvalue weighted by Gasteiger charge is -1.81. The van der Waals surface area contributed by atoms with E-state index in [2.05, 4.69) is 11.6 Å². The SMILES string of the molecule is NNC(N)=O.O=S(O)O. The van der Waals surface area contributed by atoms with Gasteiger partial charge in [-0.1, -0.05) is 0 Å². The lowest BCUT2D eigenvalue weighted by atomic mass is 11.2. The van der Waals surface area contributed by atoms with Gasteiger partial charge in [-0.3, -0.25) is 14.5 Å². The maximum absolute atomic E-state index is 9.35. The number of hydrazine groups is 1. The molecule has 8 heteroatoms. The van der Waals surface area contributed by atoms with Gasteiger partial charge in [0.2, 0.25) is 0 Å². The van der Waals surface area contributed by atoms with E-state index < -0.39 is 17.4 Å². The molecule has 0 aliphatic heterocycles. The van der Waals surface area contributed by atoms with Crippen LogP contribution in [0.3, 0.4) is 0 Å². The number of hydrogen-bond acceptors (Lipinski definition) is 3. The molecular weight excluding hydrogens is 150 g/mol. The maximum atomic E-state index is 9.35. The van der Waals surface area contributed by atoms with Crippen LogP contribution < -0.4 is 17.0 Å². The molecule has 0 atom stereocenters. The van der Waals surface area contributed by atoms with Gasteiger partial charge in [-0.05, 0) is 0 Å². The Morgan fingerprint density at radius 1 is 1.56 bits per heavy atom. The number of nitrogens with two attached hydrogens (primary N) is 2. The van der Waals surface area contributed by atoms with Gasteiger partial charge in [0.15, 0.2) is 0 Å². The highest BCUT2D eigenvalue weighted by atomic mass is 32.2.